The molecular formula is C22H30N4O2S. The Labute approximate surface area is 177 Å². The van der Waals surface area contributed by atoms with Crippen molar-refractivity contribution in [1.29, 1.82) is 0 Å². The van der Waals surface area contributed by atoms with Crippen LogP contribution in [0.5, 0.6) is 0 Å². The van der Waals surface area contributed by atoms with Crippen LogP contribution in [0.3, 0.4) is 0 Å². The highest BCUT2D eigenvalue weighted by Gasteiger charge is 2.15. The molecule has 6 nitrogen and oxygen atoms in total. The fourth-order valence-corrected chi connectivity index (χ4v) is 3.82. The zero-order valence-corrected chi connectivity index (χ0v) is 18.3. The summed E-state index contributed by atoms with van der Waals surface area (Å²) in [6.07, 6.45) is 0.874. The largest absolute Gasteiger partial charge is 0.378 e. The quantitative estimate of drug-likeness (QED) is 0.526. The van der Waals surface area contributed by atoms with E-state index in [2.05, 4.69) is 42.0 Å². The molecule has 1 saturated heterocycles. The van der Waals surface area contributed by atoms with Gasteiger partial charge >= 0.3 is 0 Å². The fraction of sp³-hybridized carbons (Fsp3) is 0.500. The monoisotopic (exact) mass is 414 g/mol. The summed E-state index contributed by atoms with van der Waals surface area (Å²) in [6.45, 7) is 10.2. The van der Waals surface area contributed by atoms with Gasteiger partial charge in [-0.2, -0.15) is 0 Å². The van der Waals surface area contributed by atoms with Crippen molar-refractivity contribution in [2.45, 2.75) is 38.1 Å². The number of anilines is 1. The van der Waals surface area contributed by atoms with E-state index in [4.69, 9.17) is 9.72 Å². The normalized spacial score (nSPS) is 14.3. The van der Waals surface area contributed by atoms with Crippen LogP contribution >= 0.6 is 11.8 Å². The standard InChI is InChI=1S/C22H30N4O2S/c1-4-19-13-20(26-8-10-28-11-9-26)25-22(24-19)29-15-17-6-5-7-18(12-17)21(27)23-14-16(2)3/h5-7,12-13,16H,4,8-11,14-15H2,1-3H3,(H,23,27). The molecule has 1 aromatic heterocycles. The van der Waals surface area contributed by atoms with Gasteiger partial charge in [0.05, 0.1) is 13.2 Å². The van der Waals surface area contributed by atoms with E-state index in [1.165, 1.54) is 0 Å². The van der Waals surface area contributed by atoms with E-state index in [9.17, 15) is 4.79 Å². The van der Waals surface area contributed by atoms with Crippen molar-refractivity contribution in [3.63, 3.8) is 0 Å². The molecule has 1 amide bonds. The molecule has 1 aliphatic rings. The molecule has 1 N–H and O–H groups in total. The first-order chi connectivity index (χ1) is 14.0. The molecule has 0 aliphatic carbocycles. The summed E-state index contributed by atoms with van der Waals surface area (Å²) in [5.41, 5.74) is 2.83. The lowest BCUT2D eigenvalue weighted by molar-refractivity contribution is 0.0949. The Bertz CT molecular complexity index is 822. The third-order valence-electron chi connectivity index (χ3n) is 4.67. The zero-order chi connectivity index (χ0) is 20.6. The minimum Gasteiger partial charge on any atom is -0.378 e. The van der Waals surface area contributed by atoms with Crippen molar-refractivity contribution in [1.82, 2.24) is 15.3 Å². The predicted octanol–water partition coefficient (Wildman–Crippen LogP) is 3.55. The van der Waals surface area contributed by atoms with Gasteiger partial charge in [-0.15, -0.1) is 0 Å². The predicted molar refractivity (Wildman–Crippen MR) is 118 cm³/mol. The maximum absolute atomic E-state index is 12.3. The van der Waals surface area contributed by atoms with Gasteiger partial charge in [0.2, 0.25) is 0 Å². The third-order valence-corrected chi connectivity index (χ3v) is 5.59. The summed E-state index contributed by atoms with van der Waals surface area (Å²) in [5, 5.41) is 3.75. The van der Waals surface area contributed by atoms with Crippen LogP contribution in [0.4, 0.5) is 5.82 Å². The van der Waals surface area contributed by atoms with Crippen molar-refractivity contribution < 1.29 is 9.53 Å². The highest BCUT2D eigenvalue weighted by molar-refractivity contribution is 7.98. The molecular weight excluding hydrogens is 384 g/mol. The van der Waals surface area contributed by atoms with Gasteiger partial charge in [-0.1, -0.05) is 44.7 Å². The van der Waals surface area contributed by atoms with E-state index in [0.717, 1.165) is 60.7 Å². The summed E-state index contributed by atoms with van der Waals surface area (Å²) < 4.78 is 5.45. The van der Waals surface area contributed by atoms with Crippen LogP contribution in [0.2, 0.25) is 0 Å². The van der Waals surface area contributed by atoms with E-state index in [0.29, 0.717) is 18.0 Å². The van der Waals surface area contributed by atoms with E-state index in [1.807, 2.05) is 24.3 Å². The second kappa shape index (κ2) is 10.6. The number of aromatic nitrogens is 2. The van der Waals surface area contributed by atoms with Gasteiger partial charge in [-0.3, -0.25) is 4.79 Å². The molecule has 0 bridgehead atoms. The second-order valence-corrected chi connectivity index (χ2v) is 8.49. The molecule has 3 rings (SSSR count). The first-order valence-electron chi connectivity index (χ1n) is 10.3. The van der Waals surface area contributed by atoms with Crippen LogP contribution in [-0.2, 0) is 16.9 Å². The molecule has 0 atom stereocenters. The molecule has 1 aromatic carbocycles. The molecule has 156 valence electrons. The lowest BCUT2D eigenvalue weighted by Gasteiger charge is -2.28. The smallest absolute Gasteiger partial charge is 0.251 e. The van der Waals surface area contributed by atoms with Crippen molar-refractivity contribution >= 4 is 23.5 Å². The van der Waals surface area contributed by atoms with Crippen LogP contribution < -0.4 is 10.2 Å². The second-order valence-electron chi connectivity index (χ2n) is 7.55. The first-order valence-corrected chi connectivity index (χ1v) is 11.2. The van der Waals surface area contributed by atoms with Crippen LogP contribution in [0.1, 0.15) is 42.4 Å². The summed E-state index contributed by atoms with van der Waals surface area (Å²) >= 11 is 1.61. The summed E-state index contributed by atoms with van der Waals surface area (Å²) in [7, 11) is 0. The van der Waals surface area contributed by atoms with Gasteiger partial charge in [-0.25, -0.2) is 9.97 Å². The molecule has 1 fully saturated rings. The average molecular weight is 415 g/mol. The van der Waals surface area contributed by atoms with E-state index in [1.54, 1.807) is 11.8 Å². The van der Waals surface area contributed by atoms with Crippen LogP contribution in [0.25, 0.3) is 0 Å². The lowest BCUT2D eigenvalue weighted by Crippen LogP contribution is -2.37. The molecule has 0 saturated carbocycles. The van der Waals surface area contributed by atoms with E-state index < -0.39 is 0 Å². The van der Waals surface area contributed by atoms with Gasteiger partial charge in [-0.05, 0) is 30.0 Å². The van der Waals surface area contributed by atoms with E-state index >= 15 is 0 Å². The molecule has 2 aromatic rings. The van der Waals surface area contributed by atoms with Crippen molar-refractivity contribution in [3.8, 4) is 0 Å². The number of thioether (sulfide) groups is 1. The van der Waals surface area contributed by atoms with Crippen molar-refractivity contribution in [2.24, 2.45) is 5.92 Å². The first kappa shape index (κ1) is 21.6. The number of hydrogen-bond donors (Lipinski definition) is 1. The average Bonchev–Trinajstić information content (AvgIpc) is 2.76. The maximum atomic E-state index is 12.3. The molecule has 2 heterocycles. The molecule has 0 radical (unpaired) electrons. The Hall–Kier alpha value is -2.12. The highest BCUT2D eigenvalue weighted by atomic mass is 32.2. The number of nitrogens with one attached hydrogen (secondary N) is 1. The van der Waals surface area contributed by atoms with Gasteiger partial charge in [0.1, 0.15) is 5.82 Å². The SMILES string of the molecule is CCc1cc(N2CCOCC2)nc(SCc2cccc(C(=O)NCC(C)C)c2)n1. The van der Waals surface area contributed by atoms with E-state index in [-0.39, 0.29) is 5.91 Å². The zero-order valence-electron chi connectivity index (χ0n) is 17.5. The number of ether oxygens (including phenoxy) is 1. The fourth-order valence-electron chi connectivity index (χ4n) is 3.01. The minimum atomic E-state index is -0.0237. The number of rotatable bonds is 8. The molecule has 29 heavy (non-hydrogen) atoms. The van der Waals surface area contributed by atoms with Gasteiger partial charge in [0.15, 0.2) is 5.16 Å². The van der Waals surface area contributed by atoms with Crippen LogP contribution in [0, 0.1) is 5.92 Å². The Balaban J connectivity index is 1.67. The Morgan fingerprint density at radius 3 is 2.76 bits per heavy atom. The Kier molecular flexibility index (Phi) is 7.89. The molecule has 7 heteroatoms. The van der Waals surface area contributed by atoms with Crippen molar-refractivity contribution in [3.05, 3.63) is 47.2 Å². The topological polar surface area (TPSA) is 67.3 Å². The Morgan fingerprint density at radius 1 is 1.24 bits per heavy atom. The van der Waals surface area contributed by atoms with Gasteiger partial charge in [0.25, 0.3) is 5.91 Å². The number of aryl methyl sites for hydroxylation is 1. The van der Waals surface area contributed by atoms with Crippen LogP contribution in [0.15, 0.2) is 35.5 Å². The highest BCUT2D eigenvalue weighted by Crippen LogP contribution is 2.24. The third kappa shape index (κ3) is 6.44. The van der Waals surface area contributed by atoms with Gasteiger partial charge in [0, 0.05) is 42.7 Å². The lowest BCUT2D eigenvalue weighted by atomic mass is 10.1. The minimum absolute atomic E-state index is 0.0237. The summed E-state index contributed by atoms with van der Waals surface area (Å²) in [5.74, 6) is 2.11. The number of benzene rings is 1. The number of amides is 1. The van der Waals surface area contributed by atoms with Crippen LogP contribution in [-0.4, -0.2) is 48.7 Å². The molecule has 0 unspecified atom stereocenters. The summed E-state index contributed by atoms with van der Waals surface area (Å²) in [6, 6.07) is 9.86. The molecule has 0 spiro atoms. The molecule has 1 aliphatic heterocycles. The van der Waals surface area contributed by atoms with Crippen molar-refractivity contribution in [2.75, 3.05) is 37.7 Å². The number of nitrogens with zero attached hydrogens (tertiary/aromatic N) is 3. The number of carbonyl (C=O) groups excluding carboxylic acids is 1. The maximum Gasteiger partial charge on any atom is 0.251 e. The van der Waals surface area contributed by atoms with Gasteiger partial charge < -0.3 is 15.0 Å². The number of hydrogen-bond acceptors (Lipinski definition) is 6. The number of carbonyl (C=O) groups is 1. The Morgan fingerprint density at radius 2 is 2.03 bits per heavy atom. The number of morpholine rings is 1. The summed E-state index contributed by atoms with van der Waals surface area (Å²) in [4.78, 5) is 24.0.